The van der Waals surface area contributed by atoms with Gasteiger partial charge in [0.15, 0.2) is 5.72 Å². The number of benzene rings is 1. The highest BCUT2D eigenvalue weighted by Crippen LogP contribution is 2.56. The Morgan fingerprint density at radius 1 is 1.29 bits per heavy atom. The zero-order valence-electron chi connectivity index (χ0n) is 13.6. The zero-order valence-corrected chi connectivity index (χ0v) is 13.6. The van der Waals surface area contributed by atoms with Crippen molar-refractivity contribution in [3.8, 4) is 0 Å². The molecule has 1 unspecified atom stereocenters. The van der Waals surface area contributed by atoms with Gasteiger partial charge >= 0.3 is 0 Å². The van der Waals surface area contributed by atoms with Gasteiger partial charge in [-0.05, 0) is 43.1 Å². The lowest BCUT2D eigenvalue weighted by Gasteiger charge is -2.43. The normalized spacial score (nSPS) is 39.5. The van der Waals surface area contributed by atoms with Crippen molar-refractivity contribution in [3.05, 3.63) is 35.9 Å². The van der Waals surface area contributed by atoms with E-state index in [1.807, 2.05) is 30.2 Å². The summed E-state index contributed by atoms with van der Waals surface area (Å²) in [5, 5.41) is 13.0. The Morgan fingerprint density at radius 3 is 2.52 bits per heavy atom. The number of nitrogens with zero attached hydrogens (tertiary/aromatic N) is 1. The highest BCUT2D eigenvalue weighted by Gasteiger charge is 2.68. The van der Waals surface area contributed by atoms with Crippen LogP contribution in [0, 0.1) is 11.3 Å². The molecule has 3 nitrogen and oxygen atoms in total. The van der Waals surface area contributed by atoms with E-state index < -0.39 is 11.3 Å². The van der Waals surface area contributed by atoms with Crippen LogP contribution in [0.3, 0.4) is 0 Å². The third-order valence-corrected chi connectivity index (χ3v) is 5.34. The summed E-state index contributed by atoms with van der Waals surface area (Å²) in [6.45, 7) is 9.48. The monoisotopic (exact) mass is 289 g/mol. The number of hydroxylamine groups is 2. The Hall–Kier alpha value is -0.900. The van der Waals surface area contributed by atoms with Gasteiger partial charge in [-0.1, -0.05) is 51.1 Å². The highest BCUT2D eigenvalue weighted by molar-refractivity contribution is 5.17. The molecule has 1 aliphatic carbocycles. The number of hydrogen-bond donors (Lipinski definition) is 1. The van der Waals surface area contributed by atoms with Gasteiger partial charge in [-0.25, -0.2) is 0 Å². The summed E-state index contributed by atoms with van der Waals surface area (Å²) in [6, 6.07) is 10.3. The van der Waals surface area contributed by atoms with E-state index in [0.29, 0.717) is 5.92 Å². The van der Waals surface area contributed by atoms with Crippen molar-refractivity contribution < 1.29 is 9.94 Å². The standard InChI is InChI=1S/C18H27NO2/c1-16(2,3)15-10-11-18(17(4,20)12-15)19(21-18)13-14-8-6-5-7-9-14/h5-9,15,20H,10-13H2,1-4H3/t15-,17-,18+,19?/m1/s1. The van der Waals surface area contributed by atoms with E-state index in [9.17, 15) is 5.11 Å². The van der Waals surface area contributed by atoms with Gasteiger partial charge in [-0.15, -0.1) is 5.06 Å². The van der Waals surface area contributed by atoms with Crippen LogP contribution in [0.15, 0.2) is 30.3 Å². The van der Waals surface area contributed by atoms with Crippen molar-refractivity contribution in [1.82, 2.24) is 5.06 Å². The van der Waals surface area contributed by atoms with Crippen molar-refractivity contribution in [2.24, 2.45) is 11.3 Å². The van der Waals surface area contributed by atoms with Gasteiger partial charge in [-0.3, -0.25) is 4.84 Å². The molecule has 3 heteroatoms. The first kappa shape index (κ1) is 15.0. The second-order valence-corrected chi connectivity index (χ2v) is 7.98. The van der Waals surface area contributed by atoms with Crippen molar-refractivity contribution >= 4 is 0 Å². The third kappa shape index (κ3) is 2.63. The van der Waals surface area contributed by atoms with Gasteiger partial charge in [0.25, 0.3) is 0 Å². The van der Waals surface area contributed by atoms with Crippen LogP contribution in [0.5, 0.6) is 0 Å². The maximum atomic E-state index is 11.0. The molecule has 2 fully saturated rings. The van der Waals surface area contributed by atoms with Gasteiger partial charge in [0.2, 0.25) is 0 Å². The minimum atomic E-state index is -0.780. The molecule has 0 radical (unpaired) electrons. The predicted molar refractivity (Wildman–Crippen MR) is 83.2 cm³/mol. The summed E-state index contributed by atoms with van der Waals surface area (Å²) in [4.78, 5) is 5.91. The van der Waals surface area contributed by atoms with E-state index >= 15 is 0 Å². The van der Waals surface area contributed by atoms with Crippen LogP contribution >= 0.6 is 0 Å². The summed E-state index contributed by atoms with van der Waals surface area (Å²) < 4.78 is 0. The molecule has 1 spiro atoms. The minimum Gasteiger partial charge on any atom is -0.386 e. The lowest BCUT2D eigenvalue weighted by Crippen LogP contribution is -2.52. The molecule has 0 bridgehead atoms. The number of hydrogen-bond acceptors (Lipinski definition) is 3. The molecular formula is C18H27NO2. The van der Waals surface area contributed by atoms with Crippen molar-refractivity contribution in [2.45, 2.75) is 64.8 Å². The van der Waals surface area contributed by atoms with E-state index in [2.05, 4.69) is 32.9 Å². The number of aliphatic hydroxyl groups is 1. The fourth-order valence-electron chi connectivity index (χ4n) is 3.73. The Kier molecular flexibility index (Phi) is 3.43. The van der Waals surface area contributed by atoms with Crippen molar-refractivity contribution in [3.63, 3.8) is 0 Å². The average Bonchev–Trinajstić information content (AvgIpc) is 3.08. The van der Waals surface area contributed by atoms with Gasteiger partial charge < -0.3 is 5.11 Å². The zero-order chi connectivity index (χ0) is 15.3. The fraction of sp³-hybridized carbons (Fsp3) is 0.667. The summed E-state index contributed by atoms with van der Waals surface area (Å²) in [6.07, 6.45) is 2.83. The molecule has 0 amide bonds. The molecule has 1 saturated heterocycles. The topological polar surface area (TPSA) is 35.8 Å². The van der Waals surface area contributed by atoms with Crippen LogP contribution < -0.4 is 0 Å². The van der Waals surface area contributed by atoms with Crippen LogP contribution in [0.2, 0.25) is 0 Å². The molecule has 1 aliphatic heterocycles. The van der Waals surface area contributed by atoms with Crippen LogP contribution in [-0.2, 0) is 11.4 Å². The van der Waals surface area contributed by atoms with Crippen LogP contribution in [0.4, 0.5) is 0 Å². The van der Waals surface area contributed by atoms with Crippen LogP contribution in [-0.4, -0.2) is 21.5 Å². The van der Waals surface area contributed by atoms with Crippen LogP contribution in [0.25, 0.3) is 0 Å². The van der Waals surface area contributed by atoms with Crippen molar-refractivity contribution in [1.29, 1.82) is 0 Å². The summed E-state index contributed by atoms with van der Waals surface area (Å²) in [5.74, 6) is 0.543. The molecule has 1 aromatic carbocycles. The van der Waals surface area contributed by atoms with Crippen LogP contribution in [0.1, 0.15) is 52.5 Å². The van der Waals surface area contributed by atoms with E-state index in [1.165, 1.54) is 5.56 Å². The summed E-state index contributed by atoms with van der Waals surface area (Å²) in [5.41, 5.74) is 0.218. The van der Waals surface area contributed by atoms with Gasteiger partial charge in [0.1, 0.15) is 5.60 Å². The van der Waals surface area contributed by atoms with E-state index in [1.54, 1.807) is 0 Å². The van der Waals surface area contributed by atoms with Gasteiger partial charge in [-0.2, -0.15) is 0 Å². The first-order valence-corrected chi connectivity index (χ1v) is 7.98. The highest BCUT2D eigenvalue weighted by atomic mass is 16.9. The minimum absolute atomic E-state index is 0.241. The summed E-state index contributed by atoms with van der Waals surface area (Å²) >= 11 is 0. The Balaban J connectivity index is 1.70. The predicted octanol–water partition coefficient (Wildman–Crippen LogP) is 3.73. The maximum Gasteiger partial charge on any atom is 0.193 e. The third-order valence-electron chi connectivity index (χ3n) is 5.34. The second kappa shape index (κ2) is 4.80. The Labute approximate surface area is 127 Å². The SMILES string of the molecule is CC(C)(C)[C@@H]1CC[C@]2(ON2Cc2ccccc2)[C@](C)(O)C1. The largest absolute Gasteiger partial charge is 0.386 e. The fourth-order valence-corrected chi connectivity index (χ4v) is 3.73. The van der Waals surface area contributed by atoms with E-state index in [4.69, 9.17) is 4.84 Å². The Morgan fingerprint density at radius 2 is 1.95 bits per heavy atom. The molecule has 4 atom stereocenters. The average molecular weight is 289 g/mol. The molecule has 1 aromatic rings. The molecule has 2 aliphatic rings. The smallest absolute Gasteiger partial charge is 0.193 e. The molecule has 0 aromatic heterocycles. The molecular weight excluding hydrogens is 262 g/mol. The molecule has 1 heterocycles. The molecule has 21 heavy (non-hydrogen) atoms. The Bertz CT molecular complexity index is 506. The first-order valence-electron chi connectivity index (χ1n) is 7.98. The molecule has 1 saturated carbocycles. The first-order chi connectivity index (χ1) is 9.75. The molecule has 116 valence electrons. The summed E-state index contributed by atoms with van der Waals surface area (Å²) in [7, 11) is 0. The molecule has 1 N–H and O–H groups in total. The van der Waals surface area contributed by atoms with E-state index in [0.717, 1.165) is 25.8 Å². The lowest BCUT2D eigenvalue weighted by atomic mass is 9.65. The quantitative estimate of drug-likeness (QED) is 0.843. The van der Waals surface area contributed by atoms with Crippen molar-refractivity contribution in [2.75, 3.05) is 0 Å². The molecule has 3 rings (SSSR count). The van der Waals surface area contributed by atoms with E-state index in [-0.39, 0.29) is 5.41 Å². The number of rotatable bonds is 2. The van der Waals surface area contributed by atoms with Gasteiger partial charge in [0.05, 0.1) is 6.54 Å². The second-order valence-electron chi connectivity index (χ2n) is 7.98. The lowest BCUT2D eigenvalue weighted by molar-refractivity contribution is -0.0869. The maximum absolute atomic E-state index is 11.0. The van der Waals surface area contributed by atoms with Gasteiger partial charge in [0, 0.05) is 0 Å².